The van der Waals surface area contributed by atoms with Crippen molar-refractivity contribution < 1.29 is 9.53 Å². The van der Waals surface area contributed by atoms with E-state index in [0.717, 1.165) is 38.1 Å². The fourth-order valence-electron chi connectivity index (χ4n) is 2.69. The molecule has 1 heterocycles. The quantitative estimate of drug-likeness (QED) is 0.845. The molecule has 1 unspecified atom stereocenters. The summed E-state index contributed by atoms with van der Waals surface area (Å²) in [7, 11) is 1.74. The molecule has 1 saturated heterocycles. The first kappa shape index (κ1) is 15.4. The smallest absolute Gasteiger partial charge is 0.235 e. The Morgan fingerprint density at radius 3 is 2.60 bits per heavy atom. The summed E-state index contributed by atoms with van der Waals surface area (Å²) in [4.78, 5) is 14.3. The highest BCUT2D eigenvalue weighted by Crippen LogP contribution is 2.20. The molecule has 0 radical (unpaired) electrons. The van der Waals surface area contributed by atoms with Gasteiger partial charge in [-0.15, -0.1) is 0 Å². The fourth-order valence-corrected chi connectivity index (χ4v) is 3.07. The van der Waals surface area contributed by atoms with E-state index in [1.165, 1.54) is 0 Å². The molecule has 1 aromatic rings. The zero-order valence-electron chi connectivity index (χ0n) is 12.0. The van der Waals surface area contributed by atoms with Crippen LogP contribution in [0.4, 0.5) is 0 Å². The Labute approximate surface area is 126 Å². The van der Waals surface area contributed by atoms with E-state index in [9.17, 15) is 4.79 Å². The number of amides is 1. The highest BCUT2D eigenvalue weighted by molar-refractivity contribution is 7.81. The minimum atomic E-state index is -0.239. The zero-order valence-corrected chi connectivity index (χ0v) is 12.9. The van der Waals surface area contributed by atoms with Crippen LogP contribution in [0.3, 0.4) is 0 Å². The fraction of sp³-hybridized carbons (Fsp3) is 0.562. The predicted octanol–water partition coefficient (Wildman–Crippen LogP) is 2.41. The van der Waals surface area contributed by atoms with Crippen molar-refractivity contribution >= 4 is 18.5 Å². The number of carbonyl (C=O) groups is 1. The summed E-state index contributed by atoms with van der Waals surface area (Å²) in [6.45, 7) is 2.47. The van der Waals surface area contributed by atoms with E-state index < -0.39 is 0 Å². The maximum Gasteiger partial charge on any atom is 0.235 e. The van der Waals surface area contributed by atoms with Crippen molar-refractivity contribution in [1.29, 1.82) is 0 Å². The summed E-state index contributed by atoms with van der Waals surface area (Å²) in [5, 5.41) is -0.239. The van der Waals surface area contributed by atoms with Crippen LogP contribution in [0.5, 0.6) is 0 Å². The van der Waals surface area contributed by atoms with Crippen LogP contribution >= 0.6 is 12.6 Å². The second-order valence-electron chi connectivity index (χ2n) is 5.43. The van der Waals surface area contributed by atoms with Gasteiger partial charge in [-0.05, 0) is 30.7 Å². The van der Waals surface area contributed by atoms with E-state index in [2.05, 4.69) is 12.6 Å². The van der Waals surface area contributed by atoms with Gasteiger partial charge in [-0.2, -0.15) is 12.6 Å². The number of piperidine rings is 1. The molecule has 110 valence electrons. The Morgan fingerprint density at radius 1 is 1.35 bits per heavy atom. The van der Waals surface area contributed by atoms with Gasteiger partial charge in [0.15, 0.2) is 0 Å². The number of methoxy groups -OCH3 is 1. The van der Waals surface area contributed by atoms with E-state index in [1.54, 1.807) is 7.11 Å². The Bertz CT molecular complexity index is 416. The molecule has 1 aliphatic rings. The first-order valence-electron chi connectivity index (χ1n) is 7.20. The summed E-state index contributed by atoms with van der Waals surface area (Å²) >= 11 is 4.49. The number of hydrogen-bond donors (Lipinski definition) is 1. The SMILES string of the molecule is COCC1CCN(C(=O)C(S)Cc2ccccc2)CC1. The lowest BCUT2D eigenvalue weighted by Crippen LogP contribution is -2.43. The monoisotopic (exact) mass is 293 g/mol. The Morgan fingerprint density at radius 2 is 2.00 bits per heavy atom. The number of likely N-dealkylation sites (tertiary alicyclic amines) is 1. The molecule has 0 aliphatic carbocycles. The van der Waals surface area contributed by atoms with Crippen molar-refractivity contribution in [2.45, 2.75) is 24.5 Å². The van der Waals surface area contributed by atoms with Gasteiger partial charge in [0.05, 0.1) is 5.25 Å². The number of carbonyl (C=O) groups excluding carboxylic acids is 1. The molecular weight excluding hydrogens is 270 g/mol. The summed E-state index contributed by atoms with van der Waals surface area (Å²) in [6.07, 6.45) is 2.76. The number of benzene rings is 1. The van der Waals surface area contributed by atoms with Gasteiger partial charge in [0.1, 0.15) is 0 Å². The van der Waals surface area contributed by atoms with Crippen LogP contribution in [0.1, 0.15) is 18.4 Å². The normalized spacial score (nSPS) is 18.0. The van der Waals surface area contributed by atoms with Crippen LogP contribution in [-0.4, -0.2) is 42.9 Å². The molecule has 0 spiro atoms. The van der Waals surface area contributed by atoms with Crippen molar-refractivity contribution in [2.75, 3.05) is 26.8 Å². The molecule has 0 bridgehead atoms. The van der Waals surface area contributed by atoms with Gasteiger partial charge < -0.3 is 9.64 Å². The molecule has 1 aliphatic heterocycles. The van der Waals surface area contributed by atoms with E-state index in [0.29, 0.717) is 12.3 Å². The Kier molecular flexibility index (Phi) is 5.92. The van der Waals surface area contributed by atoms with Crippen molar-refractivity contribution in [3.05, 3.63) is 35.9 Å². The third-order valence-electron chi connectivity index (χ3n) is 3.89. The van der Waals surface area contributed by atoms with Gasteiger partial charge in [0.25, 0.3) is 0 Å². The summed E-state index contributed by atoms with van der Waals surface area (Å²) in [5.41, 5.74) is 1.16. The summed E-state index contributed by atoms with van der Waals surface area (Å²) in [5.74, 6) is 0.754. The molecule has 20 heavy (non-hydrogen) atoms. The van der Waals surface area contributed by atoms with Crippen LogP contribution in [0.25, 0.3) is 0 Å². The molecule has 2 rings (SSSR count). The molecular formula is C16H23NO2S. The number of hydrogen-bond acceptors (Lipinski definition) is 3. The molecule has 0 N–H and O–H groups in total. The second kappa shape index (κ2) is 7.70. The minimum Gasteiger partial charge on any atom is -0.384 e. The van der Waals surface area contributed by atoms with Gasteiger partial charge in [0, 0.05) is 26.8 Å². The number of ether oxygens (including phenoxy) is 1. The van der Waals surface area contributed by atoms with Crippen molar-refractivity contribution in [2.24, 2.45) is 5.92 Å². The number of thiol groups is 1. The van der Waals surface area contributed by atoms with Crippen LogP contribution in [0.2, 0.25) is 0 Å². The largest absolute Gasteiger partial charge is 0.384 e. The Hall–Kier alpha value is -1.00. The van der Waals surface area contributed by atoms with E-state index in [1.807, 2.05) is 35.2 Å². The minimum absolute atomic E-state index is 0.160. The van der Waals surface area contributed by atoms with Crippen molar-refractivity contribution in [3.63, 3.8) is 0 Å². The Balaban J connectivity index is 1.82. The molecule has 0 saturated carbocycles. The van der Waals surface area contributed by atoms with Crippen LogP contribution in [0.15, 0.2) is 30.3 Å². The highest BCUT2D eigenvalue weighted by Gasteiger charge is 2.26. The van der Waals surface area contributed by atoms with Gasteiger partial charge in [-0.25, -0.2) is 0 Å². The number of nitrogens with zero attached hydrogens (tertiary/aromatic N) is 1. The van der Waals surface area contributed by atoms with E-state index in [-0.39, 0.29) is 11.2 Å². The van der Waals surface area contributed by atoms with Crippen molar-refractivity contribution in [1.82, 2.24) is 4.90 Å². The van der Waals surface area contributed by atoms with Gasteiger partial charge in [-0.3, -0.25) is 4.79 Å². The predicted molar refractivity (Wildman–Crippen MR) is 84.1 cm³/mol. The number of rotatable bonds is 5. The molecule has 3 nitrogen and oxygen atoms in total. The van der Waals surface area contributed by atoms with E-state index >= 15 is 0 Å². The molecule has 0 aromatic heterocycles. The third-order valence-corrected chi connectivity index (χ3v) is 4.29. The summed E-state index contributed by atoms with van der Waals surface area (Å²) < 4.78 is 5.18. The standard InChI is InChI=1S/C16H23NO2S/c1-19-12-14-7-9-17(10-8-14)16(18)15(20)11-13-5-3-2-4-6-13/h2-6,14-15,20H,7-12H2,1H3. The molecule has 4 heteroatoms. The zero-order chi connectivity index (χ0) is 14.4. The van der Waals surface area contributed by atoms with E-state index in [4.69, 9.17) is 4.74 Å². The lowest BCUT2D eigenvalue weighted by Gasteiger charge is -2.33. The molecule has 1 fully saturated rings. The molecule has 1 atom stereocenters. The molecule has 1 aromatic carbocycles. The van der Waals surface area contributed by atoms with Crippen LogP contribution < -0.4 is 0 Å². The second-order valence-corrected chi connectivity index (χ2v) is 6.05. The van der Waals surface area contributed by atoms with Crippen LogP contribution in [0, 0.1) is 5.92 Å². The maximum absolute atomic E-state index is 12.4. The van der Waals surface area contributed by atoms with Crippen molar-refractivity contribution in [3.8, 4) is 0 Å². The topological polar surface area (TPSA) is 29.5 Å². The maximum atomic E-state index is 12.4. The van der Waals surface area contributed by atoms with Crippen LogP contribution in [-0.2, 0) is 16.0 Å². The van der Waals surface area contributed by atoms with Gasteiger partial charge in [-0.1, -0.05) is 30.3 Å². The average molecular weight is 293 g/mol. The van der Waals surface area contributed by atoms with Gasteiger partial charge in [0.2, 0.25) is 5.91 Å². The first-order valence-corrected chi connectivity index (χ1v) is 7.72. The summed E-state index contributed by atoms with van der Waals surface area (Å²) in [6, 6.07) is 10.1. The molecule has 1 amide bonds. The highest BCUT2D eigenvalue weighted by atomic mass is 32.1. The average Bonchev–Trinajstić information content (AvgIpc) is 2.48. The third kappa shape index (κ3) is 4.25. The first-order chi connectivity index (χ1) is 9.70. The van der Waals surface area contributed by atoms with Gasteiger partial charge >= 0.3 is 0 Å². The lowest BCUT2D eigenvalue weighted by molar-refractivity contribution is -0.132. The lowest BCUT2D eigenvalue weighted by atomic mass is 9.97.